The van der Waals surface area contributed by atoms with Gasteiger partial charge in [-0.2, -0.15) is 0 Å². The first-order valence-corrected chi connectivity index (χ1v) is 3.51. The average Bonchev–Trinajstić information content (AvgIpc) is 2.65. The molecule has 0 amide bonds. The molecule has 11 heavy (non-hydrogen) atoms. The van der Waals surface area contributed by atoms with Gasteiger partial charge in [-0.1, -0.05) is 0 Å². The number of halogens is 2. The van der Waals surface area contributed by atoms with Gasteiger partial charge in [-0.25, -0.2) is 8.78 Å². The Bertz CT molecular complexity index is 159. The van der Waals surface area contributed by atoms with Crippen LogP contribution in [0.1, 0.15) is 12.8 Å². The molecule has 0 radical (unpaired) electrons. The Kier molecular flexibility index (Phi) is 2.42. The van der Waals surface area contributed by atoms with Crippen LogP contribution in [-0.2, 0) is 9.53 Å². The molecule has 0 N–H and O–H groups in total. The summed E-state index contributed by atoms with van der Waals surface area (Å²) in [7, 11) is 1.28. The van der Waals surface area contributed by atoms with Crippen molar-refractivity contribution in [1.29, 1.82) is 0 Å². The summed E-state index contributed by atoms with van der Waals surface area (Å²) in [5.41, 5.74) is 0. The molecule has 1 rings (SSSR count). The summed E-state index contributed by atoms with van der Waals surface area (Å²) in [6, 6.07) is 0. The van der Waals surface area contributed by atoms with Crippen molar-refractivity contribution in [3.05, 3.63) is 0 Å². The minimum atomic E-state index is -2.30. The molecule has 0 spiro atoms. The molecule has 0 aliphatic heterocycles. The van der Waals surface area contributed by atoms with Gasteiger partial charge in [0, 0.05) is 6.42 Å². The molecule has 64 valence electrons. The fourth-order valence-electron chi connectivity index (χ4n) is 1.18. The Hall–Kier alpha value is -0.670. The monoisotopic (exact) mass is 164 g/mol. The van der Waals surface area contributed by atoms with Gasteiger partial charge in [0.15, 0.2) is 0 Å². The zero-order chi connectivity index (χ0) is 8.43. The highest BCUT2D eigenvalue weighted by Gasteiger charge is 2.44. The van der Waals surface area contributed by atoms with Gasteiger partial charge in [-0.15, -0.1) is 0 Å². The predicted octanol–water partition coefficient (Wildman–Crippen LogP) is 1.45. The zero-order valence-electron chi connectivity index (χ0n) is 6.22. The van der Waals surface area contributed by atoms with Gasteiger partial charge < -0.3 is 4.74 Å². The van der Waals surface area contributed by atoms with E-state index in [1.807, 2.05) is 0 Å². The molecule has 2 atom stereocenters. The van der Waals surface area contributed by atoms with Gasteiger partial charge in [0.2, 0.25) is 6.43 Å². The van der Waals surface area contributed by atoms with Crippen molar-refractivity contribution >= 4 is 5.97 Å². The molecular weight excluding hydrogens is 154 g/mol. The van der Waals surface area contributed by atoms with Crippen molar-refractivity contribution in [1.82, 2.24) is 0 Å². The van der Waals surface area contributed by atoms with E-state index in [4.69, 9.17) is 0 Å². The Morgan fingerprint density at radius 2 is 2.36 bits per heavy atom. The lowest BCUT2D eigenvalue weighted by Crippen LogP contribution is -2.05. The number of carbonyl (C=O) groups excluding carboxylic acids is 1. The van der Waals surface area contributed by atoms with E-state index in [-0.39, 0.29) is 24.2 Å². The van der Waals surface area contributed by atoms with Crippen LogP contribution in [0.25, 0.3) is 0 Å². The second kappa shape index (κ2) is 3.15. The zero-order valence-corrected chi connectivity index (χ0v) is 6.22. The first-order chi connectivity index (χ1) is 5.15. The Balaban J connectivity index is 2.21. The lowest BCUT2D eigenvalue weighted by molar-refractivity contribution is -0.142. The molecule has 0 saturated heterocycles. The summed E-state index contributed by atoms with van der Waals surface area (Å²) in [4.78, 5) is 10.7. The van der Waals surface area contributed by atoms with E-state index in [9.17, 15) is 13.6 Å². The molecule has 1 aliphatic carbocycles. The highest BCUT2D eigenvalue weighted by atomic mass is 19.3. The molecule has 0 heterocycles. The van der Waals surface area contributed by atoms with Gasteiger partial charge in [-0.05, 0) is 12.3 Å². The van der Waals surface area contributed by atoms with E-state index < -0.39 is 6.43 Å². The van der Waals surface area contributed by atoms with Crippen LogP contribution in [0.2, 0.25) is 0 Å². The molecule has 0 bridgehead atoms. The molecule has 1 aliphatic rings. The quantitative estimate of drug-likeness (QED) is 0.590. The molecule has 0 aromatic rings. The molecule has 0 unspecified atom stereocenters. The van der Waals surface area contributed by atoms with Crippen LogP contribution in [0, 0.1) is 11.8 Å². The largest absolute Gasteiger partial charge is 0.469 e. The number of esters is 1. The maximum atomic E-state index is 11.7. The molecule has 0 aromatic heterocycles. The Morgan fingerprint density at radius 3 is 2.82 bits per heavy atom. The summed E-state index contributed by atoms with van der Waals surface area (Å²) >= 11 is 0. The average molecular weight is 164 g/mol. The fraction of sp³-hybridized carbons (Fsp3) is 0.857. The first-order valence-electron chi connectivity index (χ1n) is 3.51. The van der Waals surface area contributed by atoms with Gasteiger partial charge in [-0.3, -0.25) is 4.79 Å². The van der Waals surface area contributed by atoms with Crippen molar-refractivity contribution < 1.29 is 18.3 Å². The summed E-state index contributed by atoms with van der Waals surface area (Å²) in [6.45, 7) is 0. The normalized spacial score (nSPS) is 28.7. The van der Waals surface area contributed by atoms with E-state index in [1.54, 1.807) is 0 Å². The summed E-state index contributed by atoms with van der Waals surface area (Å²) in [5, 5.41) is 0. The standard InChI is InChI=1S/C7H10F2O2/c1-11-7(10)5-2-4(5)3-6(8)9/h4-6H,2-3H2,1H3/t4-,5+/m1/s1. The topological polar surface area (TPSA) is 26.3 Å². The Labute approximate surface area is 63.5 Å². The van der Waals surface area contributed by atoms with Gasteiger partial charge in [0.25, 0.3) is 0 Å². The van der Waals surface area contributed by atoms with Gasteiger partial charge in [0.1, 0.15) is 0 Å². The Morgan fingerprint density at radius 1 is 1.73 bits per heavy atom. The van der Waals surface area contributed by atoms with Crippen LogP contribution in [0.4, 0.5) is 8.78 Å². The van der Waals surface area contributed by atoms with Crippen molar-refractivity contribution in [2.75, 3.05) is 7.11 Å². The lowest BCUT2D eigenvalue weighted by Gasteiger charge is -1.97. The highest BCUT2D eigenvalue weighted by Crippen LogP contribution is 2.43. The van der Waals surface area contributed by atoms with E-state index in [0.29, 0.717) is 6.42 Å². The molecule has 2 nitrogen and oxygen atoms in total. The third kappa shape index (κ3) is 2.13. The minimum absolute atomic E-state index is 0.137. The number of hydrogen-bond acceptors (Lipinski definition) is 2. The maximum Gasteiger partial charge on any atom is 0.308 e. The van der Waals surface area contributed by atoms with Crippen molar-refractivity contribution in [2.24, 2.45) is 11.8 Å². The third-order valence-electron chi connectivity index (χ3n) is 1.91. The number of rotatable bonds is 3. The van der Waals surface area contributed by atoms with Crippen molar-refractivity contribution in [3.8, 4) is 0 Å². The SMILES string of the molecule is COC(=O)[C@H]1C[C@@H]1CC(F)F. The second-order valence-electron chi connectivity index (χ2n) is 2.75. The minimum Gasteiger partial charge on any atom is -0.469 e. The van der Waals surface area contributed by atoms with E-state index in [0.717, 1.165) is 0 Å². The van der Waals surface area contributed by atoms with Gasteiger partial charge >= 0.3 is 5.97 Å². The number of methoxy groups -OCH3 is 1. The third-order valence-corrected chi connectivity index (χ3v) is 1.91. The summed E-state index contributed by atoms with van der Waals surface area (Å²) in [6.07, 6.45) is -1.90. The molecule has 0 aromatic carbocycles. The summed E-state index contributed by atoms with van der Waals surface area (Å²) in [5.74, 6) is -0.743. The predicted molar refractivity (Wildman–Crippen MR) is 34.2 cm³/mol. The molecule has 1 fully saturated rings. The van der Waals surface area contributed by atoms with E-state index in [1.165, 1.54) is 7.11 Å². The number of alkyl halides is 2. The van der Waals surface area contributed by atoms with Crippen LogP contribution >= 0.6 is 0 Å². The number of carbonyl (C=O) groups is 1. The van der Waals surface area contributed by atoms with E-state index >= 15 is 0 Å². The number of hydrogen-bond donors (Lipinski definition) is 0. The number of ether oxygens (including phenoxy) is 1. The van der Waals surface area contributed by atoms with Crippen LogP contribution < -0.4 is 0 Å². The van der Waals surface area contributed by atoms with Crippen LogP contribution in [0.15, 0.2) is 0 Å². The van der Waals surface area contributed by atoms with E-state index in [2.05, 4.69) is 4.74 Å². The molecule has 1 saturated carbocycles. The van der Waals surface area contributed by atoms with Crippen molar-refractivity contribution in [3.63, 3.8) is 0 Å². The van der Waals surface area contributed by atoms with Crippen LogP contribution in [0.5, 0.6) is 0 Å². The van der Waals surface area contributed by atoms with Gasteiger partial charge in [0.05, 0.1) is 13.0 Å². The maximum absolute atomic E-state index is 11.7. The van der Waals surface area contributed by atoms with Crippen molar-refractivity contribution in [2.45, 2.75) is 19.3 Å². The first kappa shape index (κ1) is 8.43. The smallest absolute Gasteiger partial charge is 0.308 e. The fourth-order valence-corrected chi connectivity index (χ4v) is 1.18. The highest BCUT2D eigenvalue weighted by molar-refractivity contribution is 5.75. The van der Waals surface area contributed by atoms with Crippen LogP contribution in [0.3, 0.4) is 0 Å². The summed E-state index contributed by atoms with van der Waals surface area (Å²) < 4.78 is 27.8. The molecular formula is C7H10F2O2. The van der Waals surface area contributed by atoms with Crippen LogP contribution in [-0.4, -0.2) is 19.5 Å². The molecule has 4 heteroatoms. The second-order valence-corrected chi connectivity index (χ2v) is 2.75. The lowest BCUT2D eigenvalue weighted by atomic mass is 10.2.